The minimum Gasteiger partial charge on any atom is -0.159 e. The molecule has 0 rings (SSSR count). The number of thioether (sulfide) groups is 1. The Labute approximate surface area is 100 Å². The predicted molar refractivity (Wildman–Crippen MR) is 74.6 cm³/mol. The average Bonchev–Trinajstić information content (AvgIpc) is 2.25. The number of unbranched alkanes of at least 4 members (excludes halogenated alkanes) is 2. The first-order chi connectivity index (χ1) is 7.35. The summed E-state index contributed by atoms with van der Waals surface area (Å²) in [6, 6.07) is 0. The van der Waals surface area contributed by atoms with Gasteiger partial charge in [-0.25, -0.2) is 0 Å². The normalized spacial score (nSPS) is 12.3. The van der Waals surface area contributed by atoms with Crippen LogP contribution < -0.4 is 0 Å². The number of hydrogen-bond acceptors (Lipinski definition) is 1. The van der Waals surface area contributed by atoms with E-state index < -0.39 is 0 Å². The second-order valence-electron chi connectivity index (χ2n) is 3.93. The average molecular weight is 226 g/mol. The lowest BCUT2D eigenvalue weighted by Crippen LogP contribution is -2.03. The van der Waals surface area contributed by atoms with Gasteiger partial charge in [-0.3, -0.25) is 0 Å². The zero-order valence-electron chi connectivity index (χ0n) is 10.2. The summed E-state index contributed by atoms with van der Waals surface area (Å²) in [6.45, 7) is 9.83. The lowest BCUT2D eigenvalue weighted by atomic mass is 10.1. The maximum atomic E-state index is 3.80. The highest BCUT2D eigenvalue weighted by atomic mass is 32.2. The van der Waals surface area contributed by atoms with Crippen LogP contribution in [-0.4, -0.2) is 11.0 Å². The molecule has 0 aromatic heterocycles. The van der Waals surface area contributed by atoms with Crippen molar-refractivity contribution in [2.45, 2.75) is 57.1 Å². The molecule has 0 bridgehead atoms. The molecule has 0 spiro atoms. The maximum Gasteiger partial charge on any atom is 0.00501 e. The highest BCUT2D eigenvalue weighted by molar-refractivity contribution is 7.99. The van der Waals surface area contributed by atoms with E-state index >= 15 is 0 Å². The molecule has 0 amide bonds. The van der Waals surface area contributed by atoms with Crippen LogP contribution >= 0.6 is 11.8 Å². The van der Waals surface area contributed by atoms with Crippen molar-refractivity contribution in [3.8, 4) is 0 Å². The van der Waals surface area contributed by atoms with E-state index in [2.05, 4.69) is 31.8 Å². The molecule has 0 saturated carbocycles. The quantitative estimate of drug-likeness (QED) is 0.344. The monoisotopic (exact) mass is 226 g/mol. The summed E-state index contributed by atoms with van der Waals surface area (Å²) in [7, 11) is 0. The molecular weight excluding hydrogens is 200 g/mol. The van der Waals surface area contributed by atoms with E-state index in [-0.39, 0.29) is 0 Å². The Morgan fingerprint density at radius 2 is 1.80 bits per heavy atom. The predicted octanol–water partition coefficient (Wildman–Crippen LogP) is 5.21. The topological polar surface area (TPSA) is 0 Å². The Balaban J connectivity index is 3.62. The first-order valence-electron chi connectivity index (χ1n) is 6.18. The Morgan fingerprint density at radius 3 is 2.40 bits per heavy atom. The van der Waals surface area contributed by atoms with Crippen LogP contribution in [0.4, 0.5) is 0 Å². The van der Waals surface area contributed by atoms with Gasteiger partial charge in [0.05, 0.1) is 0 Å². The van der Waals surface area contributed by atoms with Gasteiger partial charge in [0, 0.05) is 5.25 Å². The van der Waals surface area contributed by atoms with E-state index in [0.717, 1.165) is 11.7 Å². The van der Waals surface area contributed by atoms with E-state index in [1.165, 1.54) is 44.3 Å². The molecule has 0 saturated heterocycles. The second kappa shape index (κ2) is 11.9. The van der Waals surface area contributed by atoms with Gasteiger partial charge in [0.15, 0.2) is 0 Å². The van der Waals surface area contributed by atoms with E-state index in [0.29, 0.717) is 0 Å². The second-order valence-corrected chi connectivity index (χ2v) is 5.34. The molecule has 1 heteroatoms. The fraction of sp³-hybridized carbons (Fsp3) is 0.714. The van der Waals surface area contributed by atoms with E-state index in [1.54, 1.807) is 0 Å². The summed E-state index contributed by atoms with van der Waals surface area (Å²) in [5, 5.41) is 0.842. The van der Waals surface area contributed by atoms with Crippen molar-refractivity contribution in [3.63, 3.8) is 0 Å². The molecule has 0 aliphatic rings. The lowest BCUT2D eigenvalue weighted by molar-refractivity contribution is 0.667. The Morgan fingerprint density at radius 1 is 1.07 bits per heavy atom. The highest BCUT2D eigenvalue weighted by Crippen LogP contribution is 2.23. The minimum absolute atomic E-state index is 0.842. The lowest BCUT2D eigenvalue weighted by Gasteiger charge is -2.15. The Kier molecular flexibility index (Phi) is 11.8. The molecule has 0 aliphatic carbocycles. The van der Waals surface area contributed by atoms with Crippen molar-refractivity contribution >= 4 is 11.8 Å². The molecule has 1 atom stereocenters. The first-order valence-corrected chi connectivity index (χ1v) is 7.23. The van der Waals surface area contributed by atoms with Gasteiger partial charge in [0.2, 0.25) is 0 Å². The molecule has 15 heavy (non-hydrogen) atoms. The standard InChI is InChI=1S/C14H26S/c1-4-7-10-12-14(11-8-5-2)15-13-9-6-3/h4-5,14H,1-2,6-13H2,3H3. The molecule has 0 radical (unpaired) electrons. The summed E-state index contributed by atoms with van der Waals surface area (Å²) >= 11 is 2.15. The van der Waals surface area contributed by atoms with Gasteiger partial charge < -0.3 is 0 Å². The Hall–Kier alpha value is -0.170. The summed E-state index contributed by atoms with van der Waals surface area (Å²) in [4.78, 5) is 0. The van der Waals surface area contributed by atoms with Crippen LogP contribution in [0.5, 0.6) is 0 Å². The summed E-state index contributed by atoms with van der Waals surface area (Å²) < 4.78 is 0. The van der Waals surface area contributed by atoms with Crippen LogP contribution in [0.2, 0.25) is 0 Å². The highest BCUT2D eigenvalue weighted by Gasteiger charge is 2.07. The van der Waals surface area contributed by atoms with Crippen LogP contribution in [0.25, 0.3) is 0 Å². The van der Waals surface area contributed by atoms with Gasteiger partial charge in [-0.15, -0.1) is 13.2 Å². The summed E-state index contributed by atoms with van der Waals surface area (Å²) in [5.74, 6) is 1.33. The van der Waals surface area contributed by atoms with Crippen LogP contribution in [0, 0.1) is 0 Å². The zero-order chi connectivity index (χ0) is 11.4. The fourth-order valence-corrected chi connectivity index (χ4v) is 2.92. The smallest absolute Gasteiger partial charge is 0.00501 e. The molecule has 0 fully saturated rings. The van der Waals surface area contributed by atoms with Crippen molar-refractivity contribution in [2.24, 2.45) is 0 Å². The van der Waals surface area contributed by atoms with E-state index in [9.17, 15) is 0 Å². The maximum absolute atomic E-state index is 3.80. The van der Waals surface area contributed by atoms with Gasteiger partial charge in [0.1, 0.15) is 0 Å². The number of hydrogen-bond donors (Lipinski definition) is 0. The van der Waals surface area contributed by atoms with Gasteiger partial charge in [-0.1, -0.05) is 25.5 Å². The van der Waals surface area contributed by atoms with Crippen molar-refractivity contribution in [2.75, 3.05) is 5.75 Å². The fourth-order valence-electron chi connectivity index (χ4n) is 1.50. The number of allylic oxidation sites excluding steroid dienone is 2. The number of rotatable bonds is 11. The van der Waals surface area contributed by atoms with Crippen LogP contribution in [-0.2, 0) is 0 Å². The molecule has 0 heterocycles. The van der Waals surface area contributed by atoms with Crippen molar-refractivity contribution in [1.82, 2.24) is 0 Å². The van der Waals surface area contributed by atoms with Gasteiger partial charge in [-0.05, 0) is 44.3 Å². The van der Waals surface area contributed by atoms with Gasteiger partial charge in [-0.2, -0.15) is 11.8 Å². The van der Waals surface area contributed by atoms with Gasteiger partial charge in [0.25, 0.3) is 0 Å². The SMILES string of the molecule is C=CCCCC(CCC=C)SCCCC. The van der Waals surface area contributed by atoms with Crippen molar-refractivity contribution in [1.29, 1.82) is 0 Å². The van der Waals surface area contributed by atoms with Crippen LogP contribution in [0.3, 0.4) is 0 Å². The van der Waals surface area contributed by atoms with E-state index in [1.807, 2.05) is 12.2 Å². The minimum atomic E-state index is 0.842. The van der Waals surface area contributed by atoms with Crippen LogP contribution in [0.15, 0.2) is 25.3 Å². The zero-order valence-corrected chi connectivity index (χ0v) is 11.0. The third-order valence-corrected chi connectivity index (χ3v) is 3.95. The molecule has 0 N–H and O–H groups in total. The molecule has 0 nitrogen and oxygen atoms in total. The molecule has 1 unspecified atom stereocenters. The summed E-state index contributed by atoms with van der Waals surface area (Å²) in [6.07, 6.45) is 13.0. The summed E-state index contributed by atoms with van der Waals surface area (Å²) in [5.41, 5.74) is 0. The van der Waals surface area contributed by atoms with E-state index in [4.69, 9.17) is 0 Å². The molecular formula is C14H26S. The molecule has 0 aliphatic heterocycles. The molecule has 0 aromatic rings. The third kappa shape index (κ3) is 10.1. The Bertz CT molecular complexity index is 151. The largest absolute Gasteiger partial charge is 0.159 e. The molecule has 88 valence electrons. The first kappa shape index (κ1) is 14.8. The van der Waals surface area contributed by atoms with Crippen molar-refractivity contribution in [3.05, 3.63) is 25.3 Å². The van der Waals surface area contributed by atoms with Crippen LogP contribution in [0.1, 0.15) is 51.9 Å². The third-order valence-electron chi connectivity index (χ3n) is 2.48. The van der Waals surface area contributed by atoms with Crippen molar-refractivity contribution < 1.29 is 0 Å². The molecule has 0 aromatic carbocycles. The van der Waals surface area contributed by atoms with Gasteiger partial charge >= 0.3 is 0 Å².